The van der Waals surface area contributed by atoms with Crippen molar-refractivity contribution >= 4 is 40.9 Å². The number of aromatic nitrogens is 1. The first-order chi connectivity index (χ1) is 16.7. The van der Waals surface area contributed by atoms with Gasteiger partial charge in [0.15, 0.2) is 0 Å². The zero-order valence-electron chi connectivity index (χ0n) is 22.8. The maximum atomic E-state index is 13.2. The number of hydrogen-bond donors (Lipinski definition) is 2. The van der Waals surface area contributed by atoms with Crippen LogP contribution in [0.25, 0.3) is 6.08 Å². The molecule has 1 aliphatic heterocycles. The van der Waals surface area contributed by atoms with Crippen LogP contribution < -0.4 is 0 Å². The summed E-state index contributed by atoms with van der Waals surface area (Å²) >= 11 is 3.19. The fourth-order valence-corrected chi connectivity index (χ4v) is 6.88. The number of thiazole rings is 1. The molecule has 0 amide bonds. The molecule has 202 valence electrons. The van der Waals surface area contributed by atoms with Gasteiger partial charge in [-0.3, -0.25) is 9.59 Å². The Morgan fingerprint density at radius 2 is 1.89 bits per heavy atom. The number of esters is 1. The first-order valence-electron chi connectivity index (χ1n) is 13.0. The normalized spacial score (nSPS) is 36.8. The second-order valence-electron chi connectivity index (χ2n) is 12.0. The number of nitrogens with zero attached hydrogens (tertiary/aromatic N) is 1. The second kappa shape index (κ2) is 11.3. The number of aliphatic hydroxyl groups is 2. The van der Waals surface area contributed by atoms with Gasteiger partial charge in [-0.25, -0.2) is 4.98 Å². The van der Waals surface area contributed by atoms with Gasteiger partial charge in [0.2, 0.25) is 0 Å². The zero-order chi connectivity index (χ0) is 26.9. The predicted molar refractivity (Wildman–Crippen MR) is 146 cm³/mol. The highest BCUT2D eigenvalue weighted by atomic mass is 32.2. The van der Waals surface area contributed by atoms with Crippen LogP contribution in [0.2, 0.25) is 0 Å². The number of cyclic esters (lactones) is 1. The molecule has 6 atom stereocenters. The van der Waals surface area contributed by atoms with Crippen LogP contribution in [0.3, 0.4) is 0 Å². The van der Waals surface area contributed by atoms with Gasteiger partial charge in [-0.1, -0.05) is 59.2 Å². The monoisotopic (exact) mass is 537 g/mol. The molecule has 2 fully saturated rings. The van der Waals surface area contributed by atoms with Crippen molar-refractivity contribution in [2.75, 3.05) is 6.26 Å². The van der Waals surface area contributed by atoms with Gasteiger partial charge in [0.25, 0.3) is 0 Å². The lowest BCUT2D eigenvalue weighted by Crippen LogP contribution is -2.44. The molecule has 2 aliphatic rings. The summed E-state index contributed by atoms with van der Waals surface area (Å²) in [5.41, 5.74) is 0.797. The van der Waals surface area contributed by atoms with Gasteiger partial charge in [-0.15, -0.1) is 11.3 Å². The van der Waals surface area contributed by atoms with Crippen LogP contribution in [0.5, 0.6) is 0 Å². The number of carbonyl (C=O) groups is 2. The summed E-state index contributed by atoms with van der Waals surface area (Å²) in [6.45, 7) is 11.5. The van der Waals surface area contributed by atoms with E-state index < -0.39 is 35.6 Å². The van der Waals surface area contributed by atoms with Gasteiger partial charge in [-0.2, -0.15) is 0 Å². The number of fused-ring (bicyclic) bond motifs is 1. The molecule has 2 N–H and O–H groups in total. The Morgan fingerprint density at radius 3 is 2.53 bits per heavy atom. The molecule has 0 spiro atoms. The molecule has 36 heavy (non-hydrogen) atoms. The third-order valence-corrected chi connectivity index (χ3v) is 10.8. The molecule has 1 saturated carbocycles. The van der Waals surface area contributed by atoms with E-state index in [1.165, 1.54) is 0 Å². The van der Waals surface area contributed by atoms with Crippen molar-refractivity contribution in [3.63, 3.8) is 0 Å². The van der Waals surface area contributed by atoms with Crippen LogP contribution in [0.4, 0.5) is 0 Å². The smallest absolute Gasteiger partial charge is 0.309 e. The Hall–Kier alpha value is -1.22. The van der Waals surface area contributed by atoms with E-state index in [9.17, 15) is 19.8 Å². The lowest BCUT2D eigenvalue weighted by molar-refractivity contribution is -0.154. The average molecular weight is 538 g/mol. The summed E-state index contributed by atoms with van der Waals surface area (Å²) < 4.78 is 7.00. The molecule has 1 aliphatic carbocycles. The van der Waals surface area contributed by atoms with Crippen molar-refractivity contribution in [1.29, 1.82) is 0 Å². The fourth-order valence-electron chi connectivity index (χ4n) is 5.65. The number of carbonyl (C=O) groups excluding carboxylic acids is 2. The van der Waals surface area contributed by atoms with Crippen molar-refractivity contribution < 1.29 is 24.5 Å². The molecule has 0 radical (unpaired) electrons. The number of ether oxygens (including phenoxy) is 1. The highest BCUT2D eigenvalue weighted by Crippen LogP contribution is 2.68. The van der Waals surface area contributed by atoms with Gasteiger partial charge < -0.3 is 14.9 Å². The summed E-state index contributed by atoms with van der Waals surface area (Å²) in [7, 11) is 0. The van der Waals surface area contributed by atoms with E-state index in [4.69, 9.17) is 4.74 Å². The second-order valence-corrected chi connectivity index (χ2v) is 13.9. The van der Waals surface area contributed by atoms with E-state index in [1.807, 2.05) is 24.6 Å². The van der Waals surface area contributed by atoms with Gasteiger partial charge >= 0.3 is 5.97 Å². The topological polar surface area (TPSA) is 96.7 Å². The molecular weight excluding hydrogens is 494 g/mol. The standard InChI is InChI=1S/C28H43NO5S2/c1-17(12-19-15-36-25(29-19)35-7)21-14-28(6)16-27(28,5)11-9-8-10-20(30)18(2)24(33)26(3,4)22(31)13-23(32)34-21/h12,15,18,20-22,30-31H,8-11,13-14,16H2,1-7H3/b17-12+/t18-,20+,21+,22+,27+,28-/m1/s1. The van der Waals surface area contributed by atoms with Crippen molar-refractivity contribution in [1.82, 2.24) is 4.98 Å². The van der Waals surface area contributed by atoms with E-state index in [1.54, 1.807) is 43.9 Å². The third kappa shape index (κ3) is 6.43. The number of thioether (sulfide) groups is 1. The van der Waals surface area contributed by atoms with Crippen molar-refractivity contribution in [2.45, 2.75) is 109 Å². The Balaban J connectivity index is 1.88. The Morgan fingerprint density at radius 1 is 1.19 bits per heavy atom. The minimum atomic E-state index is -1.20. The first-order valence-corrected chi connectivity index (χ1v) is 15.1. The minimum absolute atomic E-state index is 0.0381. The summed E-state index contributed by atoms with van der Waals surface area (Å²) in [5.74, 6) is -1.36. The van der Waals surface area contributed by atoms with Crippen LogP contribution in [-0.2, 0) is 14.3 Å². The van der Waals surface area contributed by atoms with Gasteiger partial charge in [0, 0.05) is 11.3 Å². The van der Waals surface area contributed by atoms with Gasteiger partial charge in [0.05, 0.1) is 29.7 Å². The van der Waals surface area contributed by atoms with E-state index in [0.717, 1.165) is 41.3 Å². The highest BCUT2D eigenvalue weighted by Gasteiger charge is 2.60. The van der Waals surface area contributed by atoms with E-state index >= 15 is 0 Å². The Kier molecular flexibility index (Phi) is 9.18. The van der Waals surface area contributed by atoms with Crippen LogP contribution in [-0.4, -0.2) is 51.5 Å². The lowest BCUT2D eigenvalue weighted by atomic mass is 9.74. The predicted octanol–water partition coefficient (Wildman–Crippen LogP) is 5.90. The van der Waals surface area contributed by atoms with Crippen LogP contribution in [0.1, 0.15) is 92.2 Å². The minimum Gasteiger partial charge on any atom is -0.458 e. The molecule has 1 aromatic heterocycles. The van der Waals surface area contributed by atoms with Gasteiger partial charge in [0.1, 0.15) is 16.2 Å². The average Bonchev–Trinajstić information content (AvgIpc) is 3.11. The summed E-state index contributed by atoms with van der Waals surface area (Å²) in [4.78, 5) is 30.8. The number of aliphatic hydroxyl groups excluding tert-OH is 2. The Labute approximate surface area is 224 Å². The Bertz CT molecular complexity index is 988. The number of ketones is 1. The summed E-state index contributed by atoms with van der Waals surface area (Å²) in [6.07, 6.45) is 6.52. The highest BCUT2D eigenvalue weighted by molar-refractivity contribution is 8.00. The molecule has 0 bridgehead atoms. The van der Waals surface area contributed by atoms with Gasteiger partial charge in [-0.05, 0) is 61.3 Å². The first kappa shape index (κ1) is 29.3. The third-order valence-electron chi connectivity index (χ3n) is 8.88. The maximum absolute atomic E-state index is 13.2. The van der Waals surface area contributed by atoms with Crippen molar-refractivity contribution in [3.05, 3.63) is 16.6 Å². The SMILES string of the molecule is CSc1nc(/C=C(\C)[C@@H]2C[C@]3(C)C[C@]3(C)CCCC[C@H](O)[C@@H](C)C(=O)C(C)(C)[C@@H](O)CC(=O)O2)cs1. The quantitative estimate of drug-likeness (QED) is 0.366. The maximum Gasteiger partial charge on any atom is 0.309 e. The number of Topliss-reactive ketones (excluding diaryl/α,β-unsaturated/α-hetero) is 1. The van der Waals surface area contributed by atoms with E-state index in [-0.39, 0.29) is 23.0 Å². The molecular formula is C28H43NO5S2. The summed E-state index contributed by atoms with van der Waals surface area (Å²) in [5, 5.41) is 23.6. The molecule has 6 nitrogen and oxygen atoms in total. The molecule has 2 heterocycles. The largest absolute Gasteiger partial charge is 0.458 e. The molecule has 1 saturated heterocycles. The van der Waals surface area contributed by atoms with Crippen LogP contribution >= 0.6 is 23.1 Å². The van der Waals surface area contributed by atoms with Crippen LogP contribution in [0.15, 0.2) is 15.3 Å². The molecule has 8 heteroatoms. The molecule has 0 unspecified atom stereocenters. The summed E-state index contributed by atoms with van der Waals surface area (Å²) in [6, 6.07) is 0. The van der Waals surface area contributed by atoms with E-state index in [0.29, 0.717) is 12.8 Å². The lowest BCUT2D eigenvalue weighted by Gasteiger charge is -2.33. The molecule has 3 rings (SSSR count). The van der Waals surface area contributed by atoms with Crippen molar-refractivity contribution in [2.24, 2.45) is 22.2 Å². The molecule has 1 aromatic rings. The number of rotatable bonds is 3. The van der Waals surface area contributed by atoms with E-state index in [2.05, 4.69) is 18.8 Å². The van der Waals surface area contributed by atoms with Crippen LogP contribution in [0, 0.1) is 22.2 Å². The molecule has 0 aromatic carbocycles. The fraction of sp³-hybridized carbons (Fsp3) is 0.750. The van der Waals surface area contributed by atoms with Crippen molar-refractivity contribution in [3.8, 4) is 0 Å². The zero-order valence-corrected chi connectivity index (χ0v) is 24.4. The number of hydrogen-bond acceptors (Lipinski definition) is 8.